The Kier molecular flexibility index (Phi) is 4.58. The molecule has 0 saturated carbocycles. The zero-order chi connectivity index (χ0) is 15.6. The van der Waals surface area contributed by atoms with E-state index in [0.717, 1.165) is 16.3 Å². The summed E-state index contributed by atoms with van der Waals surface area (Å²) in [6.07, 6.45) is 1.13. The molecule has 2 aromatic rings. The Balaban J connectivity index is 2.49. The summed E-state index contributed by atoms with van der Waals surface area (Å²) in [5, 5.41) is 7.22. The number of hydrogen-bond acceptors (Lipinski definition) is 5. The first-order valence-corrected chi connectivity index (χ1v) is 9.06. The molecule has 0 aliphatic carbocycles. The van der Waals surface area contributed by atoms with Crippen LogP contribution in [0.15, 0.2) is 33.6 Å². The number of sulfone groups is 1. The molecule has 1 aromatic carbocycles. The van der Waals surface area contributed by atoms with E-state index in [2.05, 4.69) is 26.3 Å². The van der Waals surface area contributed by atoms with Crippen molar-refractivity contribution in [3.05, 3.63) is 34.3 Å². The molecule has 0 atom stereocenters. The van der Waals surface area contributed by atoms with Gasteiger partial charge in [-0.05, 0) is 18.6 Å². The topological polar surface area (TPSA) is 90.0 Å². The first-order valence-electron chi connectivity index (χ1n) is 6.38. The third-order valence-corrected chi connectivity index (χ3v) is 4.86. The minimum Gasteiger partial charge on any atom is -0.383 e. The van der Waals surface area contributed by atoms with Crippen LogP contribution in [0.3, 0.4) is 0 Å². The normalized spacial score (nSPS) is 11.6. The minimum atomic E-state index is -3.45. The molecule has 8 heteroatoms. The lowest BCUT2D eigenvalue weighted by Gasteiger charge is -2.06. The average molecular weight is 373 g/mol. The maximum absolute atomic E-state index is 11.9. The van der Waals surface area contributed by atoms with Gasteiger partial charge in [0.1, 0.15) is 5.82 Å². The molecule has 0 radical (unpaired) electrons. The third-order valence-electron chi connectivity index (χ3n) is 2.94. The maximum Gasteiger partial charge on any atom is 0.182 e. The second-order valence-corrected chi connectivity index (χ2v) is 7.42. The summed E-state index contributed by atoms with van der Waals surface area (Å²) in [4.78, 5) is 0.0522. The molecule has 0 aliphatic rings. The summed E-state index contributed by atoms with van der Waals surface area (Å²) in [5.41, 5.74) is 6.95. The van der Waals surface area contributed by atoms with Crippen molar-refractivity contribution < 1.29 is 8.42 Å². The molecule has 0 saturated heterocycles. The van der Waals surface area contributed by atoms with E-state index in [1.807, 2.05) is 31.2 Å². The molecular weight excluding hydrogens is 356 g/mol. The van der Waals surface area contributed by atoms with Crippen molar-refractivity contribution in [3.63, 3.8) is 0 Å². The van der Waals surface area contributed by atoms with Crippen molar-refractivity contribution in [3.8, 4) is 0 Å². The first kappa shape index (κ1) is 15.8. The Morgan fingerprint density at radius 1 is 1.38 bits per heavy atom. The molecule has 3 N–H and O–H groups in total. The molecule has 114 valence electrons. The Labute approximate surface area is 132 Å². The summed E-state index contributed by atoms with van der Waals surface area (Å²) in [6.45, 7) is 2.82. The fourth-order valence-corrected chi connectivity index (χ4v) is 3.38. The van der Waals surface area contributed by atoms with Crippen LogP contribution in [0.25, 0.3) is 0 Å². The summed E-state index contributed by atoms with van der Waals surface area (Å²) in [6, 6.07) is 7.66. The van der Waals surface area contributed by atoms with Crippen molar-refractivity contribution in [1.29, 1.82) is 0 Å². The number of nitrogen functional groups attached to an aromatic ring is 1. The number of anilines is 2. The number of nitrogens with two attached hydrogens (primary N) is 1. The van der Waals surface area contributed by atoms with Crippen LogP contribution in [0, 0.1) is 0 Å². The highest BCUT2D eigenvalue weighted by Gasteiger charge is 2.24. The molecule has 21 heavy (non-hydrogen) atoms. The highest BCUT2D eigenvalue weighted by atomic mass is 79.9. The standard InChI is InChI=1S/C13H17BrN4O2S/c1-3-16-13-11(21(2,19)20)12(15)18(17-13)8-9-6-4-5-7-10(9)14/h4-7H,3,8,15H2,1-2H3,(H,16,17). The Hall–Kier alpha value is -1.54. The Bertz CT molecular complexity index is 756. The number of nitrogens with zero attached hydrogens (tertiary/aromatic N) is 2. The fraction of sp³-hybridized carbons (Fsp3) is 0.308. The van der Waals surface area contributed by atoms with Gasteiger partial charge in [-0.15, -0.1) is 0 Å². The number of rotatable bonds is 5. The van der Waals surface area contributed by atoms with E-state index < -0.39 is 9.84 Å². The number of aromatic nitrogens is 2. The van der Waals surface area contributed by atoms with Crippen LogP contribution in [-0.2, 0) is 16.4 Å². The van der Waals surface area contributed by atoms with Gasteiger partial charge in [0.15, 0.2) is 20.6 Å². The van der Waals surface area contributed by atoms with Gasteiger partial charge >= 0.3 is 0 Å². The van der Waals surface area contributed by atoms with Crippen LogP contribution in [0.2, 0.25) is 0 Å². The van der Waals surface area contributed by atoms with Crippen molar-refractivity contribution in [2.75, 3.05) is 23.9 Å². The highest BCUT2D eigenvalue weighted by Crippen LogP contribution is 2.28. The van der Waals surface area contributed by atoms with Gasteiger partial charge in [-0.25, -0.2) is 13.1 Å². The van der Waals surface area contributed by atoms with Gasteiger partial charge in [0.05, 0.1) is 6.54 Å². The van der Waals surface area contributed by atoms with Crippen molar-refractivity contribution >= 4 is 37.4 Å². The van der Waals surface area contributed by atoms with Crippen LogP contribution < -0.4 is 11.1 Å². The van der Waals surface area contributed by atoms with E-state index in [4.69, 9.17) is 5.73 Å². The van der Waals surface area contributed by atoms with Gasteiger partial charge in [0.25, 0.3) is 0 Å². The largest absolute Gasteiger partial charge is 0.383 e. The van der Waals surface area contributed by atoms with Crippen LogP contribution in [0.4, 0.5) is 11.6 Å². The zero-order valence-corrected chi connectivity index (χ0v) is 14.2. The van der Waals surface area contributed by atoms with Crippen LogP contribution in [0.1, 0.15) is 12.5 Å². The van der Waals surface area contributed by atoms with Gasteiger partial charge in [0.2, 0.25) is 0 Å². The third kappa shape index (κ3) is 3.38. The second kappa shape index (κ2) is 6.07. The molecule has 0 spiro atoms. The smallest absolute Gasteiger partial charge is 0.182 e. The van der Waals surface area contributed by atoms with Gasteiger partial charge in [-0.3, -0.25) is 0 Å². The van der Waals surface area contributed by atoms with E-state index in [1.54, 1.807) is 0 Å². The van der Waals surface area contributed by atoms with E-state index in [9.17, 15) is 8.42 Å². The number of halogens is 1. The lowest BCUT2D eigenvalue weighted by atomic mass is 10.2. The van der Waals surface area contributed by atoms with E-state index in [-0.39, 0.29) is 10.7 Å². The molecule has 6 nitrogen and oxygen atoms in total. The molecule has 2 rings (SSSR count). The minimum absolute atomic E-state index is 0.0522. The number of hydrogen-bond donors (Lipinski definition) is 2. The van der Waals surface area contributed by atoms with Crippen LogP contribution in [-0.4, -0.2) is 31.0 Å². The van der Waals surface area contributed by atoms with E-state index in [0.29, 0.717) is 18.9 Å². The molecule has 1 heterocycles. The molecule has 0 fully saturated rings. The number of benzene rings is 1. The van der Waals surface area contributed by atoms with Gasteiger partial charge < -0.3 is 11.1 Å². The van der Waals surface area contributed by atoms with Gasteiger partial charge in [0, 0.05) is 17.3 Å². The second-order valence-electron chi connectivity index (χ2n) is 4.61. The highest BCUT2D eigenvalue weighted by molar-refractivity contribution is 9.10. The molecule has 0 unspecified atom stereocenters. The summed E-state index contributed by atoms with van der Waals surface area (Å²) in [5.74, 6) is 0.439. The average Bonchev–Trinajstić information content (AvgIpc) is 2.69. The predicted octanol–water partition coefficient (Wildman–Crippen LogP) is 2.11. The lowest BCUT2D eigenvalue weighted by Crippen LogP contribution is -2.08. The maximum atomic E-state index is 11.9. The molecule has 0 bridgehead atoms. The Morgan fingerprint density at radius 3 is 2.62 bits per heavy atom. The van der Waals surface area contributed by atoms with E-state index >= 15 is 0 Å². The Morgan fingerprint density at radius 2 is 2.05 bits per heavy atom. The van der Waals surface area contributed by atoms with Crippen molar-refractivity contribution in [1.82, 2.24) is 9.78 Å². The van der Waals surface area contributed by atoms with Gasteiger partial charge in [-0.2, -0.15) is 5.10 Å². The molecule has 1 aromatic heterocycles. The zero-order valence-electron chi connectivity index (χ0n) is 11.8. The summed E-state index contributed by atoms with van der Waals surface area (Å²) >= 11 is 3.46. The quantitative estimate of drug-likeness (QED) is 0.838. The van der Waals surface area contributed by atoms with E-state index in [1.165, 1.54) is 4.68 Å². The first-order chi connectivity index (χ1) is 9.84. The monoisotopic (exact) mass is 372 g/mol. The fourth-order valence-electron chi connectivity index (χ4n) is 2.02. The van der Waals surface area contributed by atoms with Crippen LogP contribution >= 0.6 is 15.9 Å². The van der Waals surface area contributed by atoms with Crippen molar-refractivity contribution in [2.45, 2.75) is 18.4 Å². The van der Waals surface area contributed by atoms with Gasteiger partial charge in [-0.1, -0.05) is 34.1 Å². The lowest BCUT2D eigenvalue weighted by molar-refractivity contribution is 0.602. The molecular formula is C13H17BrN4O2S. The summed E-state index contributed by atoms with van der Waals surface area (Å²) < 4.78 is 26.2. The molecule has 0 aliphatic heterocycles. The predicted molar refractivity (Wildman–Crippen MR) is 87.2 cm³/mol. The molecule has 0 amide bonds. The van der Waals surface area contributed by atoms with Crippen LogP contribution in [0.5, 0.6) is 0 Å². The summed E-state index contributed by atoms with van der Waals surface area (Å²) in [7, 11) is -3.45. The SMILES string of the molecule is CCNc1nn(Cc2ccccc2Br)c(N)c1S(C)(=O)=O. The van der Waals surface area contributed by atoms with Crippen molar-refractivity contribution in [2.24, 2.45) is 0 Å². The number of nitrogens with one attached hydrogen (secondary N) is 1.